The molecule has 0 saturated carbocycles. The number of esters is 1. The Morgan fingerprint density at radius 1 is 0.688 bits per heavy atom. The second kappa shape index (κ2) is 15.1. The molecular formula is C40H40F2N2O4. The molecule has 8 heteroatoms. The molecule has 0 bridgehead atoms. The summed E-state index contributed by atoms with van der Waals surface area (Å²) in [6.45, 7) is 5.53. The third-order valence-corrected chi connectivity index (χ3v) is 8.06. The lowest BCUT2D eigenvalue weighted by atomic mass is 9.96. The third-order valence-electron chi connectivity index (χ3n) is 8.06. The van der Waals surface area contributed by atoms with Crippen molar-refractivity contribution in [2.24, 2.45) is 0 Å². The van der Waals surface area contributed by atoms with Crippen LogP contribution < -0.4 is 10.6 Å². The second-order valence-corrected chi connectivity index (χ2v) is 12.9. The van der Waals surface area contributed by atoms with Gasteiger partial charge in [0.15, 0.2) is 0 Å². The highest BCUT2D eigenvalue weighted by Crippen LogP contribution is 2.34. The minimum atomic E-state index is -0.988. The van der Waals surface area contributed by atoms with Crippen LogP contribution in [0.25, 0.3) is 0 Å². The monoisotopic (exact) mass is 650 g/mol. The summed E-state index contributed by atoms with van der Waals surface area (Å²) in [5, 5.41) is 15.6. The molecule has 2 unspecified atom stereocenters. The van der Waals surface area contributed by atoms with E-state index >= 15 is 0 Å². The Kier molecular flexibility index (Phi) is 10.7. The summed E-state index contributed by atoms with van der Waals surface area (Å²) in [7, 11) is 0. The average Bonchev–Trinajstić information content (AvgIpc) is 3.78. The molecule has 4 aromatic carbocycles. The fourth-order valence-corrected chi connectivity index (χ4v) is 5.69. The minimum absolute atomic E-state index is 0.204. The lowest BCUT2D eigenvalue weighted by Crippen LogP contribution is -2.24. The van der Waals surface area contributed by atoms with Gasteiger partial charge in [0, 0.05) is 23.2 Å². The molecule has 2 aliphatic rings. The smallest absolute Gasteiger partial charge is 0.340 e. The molecule has 3 N–H and O–H groups in total. The summed E-state index contributed by atoms with van der Waals surface area (Å²) >= 11 is 0. The largest absolute Gasteiger partial charge is 0.478 e. The number of hydrogen-bond donors (Lipinski definition) is 3. The number of carboxylic acid groups (broad SMARTS) is 1. The van der Waals surface area contributed by atoms with Gasteiger partial charge in [-0.3, -0.25) is 0 Å². The zero-order valence-electron chi connectivity index (χ0n) is 27.3. The van der Waals surface area contributed by atoms with Crippen LogP contribution in [0.2, 0.25) is 0 Å². The first-order valence-electron chi connectivity index (χ1n) is 16.1. The molecule has 0 radical (unpaired) electrons. The maximum absolute atomic E-state index is 13.2. The van der Waals surface area contributed by atoms with Gasteiger partial charge in [0.1, 0.15) is 17.2 Å². The van der Waals surface area contributed by atoms with Crippen LogP contribution in [0.1, 0.15) is 90.1 Å². The molecule has 6 nitrogen and oxygen atoms in total. The van der Waals surface area contributed by atoms with Crippen molar-refractivity contribution in [1.29, 1.82) is 0 Å². The number of allylic oxidation sites excluding steroid dienone is 4. The Hall–Kier alpha value is -5.24. The normalized spacial score (nSPS) is 16.6. The van der Waals surface area contributed by atoms with Crippen LogP contribution in [-0.2, 0) is 4.74 Å². The molecule has 2 aliphatic carbocycles. The lowest BCUT2D eigenvalue weighted by molar-refractivity contribution is 0.00704. The molecule has 6 rings (SSSR count). The van der Waals surface area contributed by atoms with Crippen molar-refractivity contribution < 1.29 is 28.2 Å². The zero-order chi connectivity index (χ0) is 34.3. The van der Waals surface area contributed by atoms with Gasteiger partial charge in [-0.15, -0.1) is 0 Å². The molecule has 48 heavy (non-hydrogen) atoms. The number of carbonyl (C=O) groups excluding carboxylic acids is 1. The predicted molar refractivity (Wildman–Crippen MR) is 187 cm³/mol. The van der Waals surface area contributed by atoms with Crippen molar-refractivity contribution >= 4 is 34.7 Å². The Balaban J connectivity index is 0.000000190. The van der Waals surface area contributed by atoms with Gasteiger partial charge in [-0.2, -0.15) is 0 Å². The second-order valence-electron chi connectivity index (χ2n) is 12.9. The SMILES string of the molecule is CC(C)(C)OC(=O)c1ccc(C2C=CCC2)cc1Nc1ccc(F)cc1.O=C(O)c1ccc(C2C=CCC2)cc1Nc1ccc(F)cc1. The molecule has 0 spiro atoms. The molecular weight excluding hydrogens is 610 g/mol. The summed E-state index contributed by atoms with van der Waals surface area (Å²) in [5.41, 5.74) is 4.90. The van der Waals surface area contributed by atoms with Crippen molar-refractivity contribution in [3.63, 3.8) is 0 Å². The molecule has 0 saturated heterocycles. The molecule has 2 atom stereocenters. The summed E-state index contributed by atoms with van der Waals surface area (Å²) in [4.78, 5) is 24.0. The van der Waals surface area contributed by atoms with E-state index in [4.69, 9.17) is 4.74 Å². The van der Waals surface area contributed by atoms with Gasteiger partial charge >= 0.3 is 11.9 Å². The first-order chi connectivity index (χ1) is 22.9. The number of aromatic carboxylic acids is 1. The number of halogens is 2. The van der Waals surface area contributed by atoms with Crippen LogP contribution >= 0.6 is 0 Å². The molecule has 0 aliphatic heterocycles. The fourth-order valence-electron chi connectivity index (χ4n) is 5.69. The van der Waals surface area contributed by atoms with Crippen LogP contribution in [0, 0.1) is 11.6 Å². The van der Waals surface area contributed by atoms with Crippen molar-refractivity contribution in [1.82, 2.24) is 0 Å². The summed E-state index contributed by atoms with van der Waals surface area (Å²) in [5.74, 6) is -1.30. The number of ether oxygens (including phenoxy) is 1. The maximum Gasteiger partial charge on any atom is 0.340 e. The van der Waals surface area contributed by atoms with E-state index in [0.29, 0.717) is 34.5 Å². The molecule has 248 valence electrons. The fraction of sp³-hybridized carbons (Fsp3) is 0.250. The third kappa shape index (κ3) is 9.18. The predicted octanol–water partition coefficient (Wildman–Crippen LogP) is 10.7. The first-order valence-corrected chi connectivity index (χ1v) is 16.1. The van der Waals surface area contributed by atoms with Gasteiger partial charge in [-0.05, 0) is 130 Å². The van der Waals surface area contributed by atoms with Gasteiger partial charge < -0.3 is 20.5 Å². The van der Waals surface area contributed by atoms with Crippen LogP contribution in [0.5, 0.6) is 0 Å². The molecule has 0 heterocycles. The van der Waals surface area contributed by atoms with Gasteiger partial charge in [-0.1, -0.05) is 36.4 Å². The van der Waals surface area contributed by atoms with Gasteiger partial charge in [0.2, 0.25) is 0 Å². The van der Waals surface area contributed by atoms with Crippen molar-refractivity contribution in [3.8, 4) is 0 Å². The molecule has 0 amide bonds. The molecule has 0 aromatic heterocycles. The van der Waals surface area contributed by atoms with E-state index in [9.17, 15) is 23.5 Å². The van der Waals surface area contributed by atoms with E-state index in [1.165, 1.54) is 24.3 Å². The highest BCUT2D eigenvalue weighted by Gasteiger charge is 2.22. The van der Waals surface area contributed by atoms with Gasteiger partial charge in [0.25, 0.3) is 0 Å². The number of carbonyl (C=O) groups is 2. The molecule has 0 fully saturated rings. The van der Waals surface area contributed by atoms with Crippen molar-refractivity contribution in [2.75, 3.05) is 10.6 Å². The van der Waals surface area contributed by atoms with E-state index in [-0.39, 0.29) is 23.2 Å². The lowest BCUT2D eigenvalue weighted by Gasteiger charge is -2.21. The van der Waals surface area contributed by atoms with Crippen LogP contribution in [0.3, 0.4) is 0 Å². The first kappa shape index (κ1) is 34.1. The zero-order valence-corrected chi connectivity index (χ0v) is 27.3. The molecule has 4 aromatic rings. The highest BCUT2D eigenvalue weighted by molar-refractivity contribution is 5.97. The topological polar surface area (TPSA) is 87.7 Å². The maximum atomic E-state index is 13.2. The number of nitrogens with one attached hydrogen (secondary N) is 2. The van der Waals surface area contributed by atoms with Crippen molar-refractivity contribution in [2.45, 2.75) is 63.9 Å². The average molecular weight is 651 g/mol. The minimum Gasteiger partial charge on any atom is -0.478 e. The Bertz CT molecular complexity index is 1810. The van der Waals surface area contributed by atoms with E-state index in [1.807, 2.05) is 45.0 Å². The Morgan fingerprint density at radius 3 is 1.52 bits per heavy atom. The summed E-state index contributed by atoms with van der Waals surface area (Å²) in [6.07, 6.45) is 12.9. The highest BCUT2D eigenvalue weighted by atomic mass is 19.1. The number of anilines is 4. The van der Waals surface area contributed by atoms with E-state index in [0.717, 1.165) is 42.5 Å². The van der Waals surface area contributed by atoms with E-state index in [1.54, 1.807) is 36.4 Å². The van der Waals surface area contributed by atoms with Crippen molar-refractivity contribution in [3.05, 3.63) is 143 Å². The Morgan fingerprint density at radius 2 is 1.12 bits per heavy atom. The van der Waals surface area contributed by atoms with Crippen LogP contribution in [0.4, 0.5) is 31.5 Å². The number of benzene rings is 4. The van der Waals surface area contributed by atoms with Crippen LogP contribution in [-0.4, -0.2) is 22.6 Å². The summed E-state index contributed by atoms with van der Waals surface area (Å²) < 4.78 is 31.7. The number of hydrogen-bond acceptors (Lipinski definition) is 5. The van der Waals surface area contributed by atoms with Crippen LogP contribution in [0.15, 0.2) is 109 Å². The number of carboxylic acids is 1. The van der Waals surface area contributed by atoms with E-state index in [2.05, 4.69) is 34.9 Å². The van der Waals surface area contributed by atoms with Gasteiger partial charge in [-0.25, -0.2) is 18.4 Å². The number of rotatable bonds is 8. The quantitative estimate of drug-likeness (QED) is 0.130. The summed E-state index contributed by atoms with van der Waals surface area (Å²) in [6, 6.07) is 23.1. The standard InChI is InChI=1S/C22H24FNO2.C18H16FNO2/c1-22(2,3)26-21(25)19-13-8-16(15-6-4-5-7-15)14-20(19)24-18-11-9-17(23)10-12-18;19-14-6-8-15(9-7-14)20-17-11-13(12-3-1-2-4-12)5-10-16(17)18(21)22/h4,6,8-15,24H,5,7H2,1-3H3;1,3,5-12,20H,2,4H2,(H,21,22). The van der Waals surface area contributed by atoms with E-state index < -0.39 is 11.6 Å². The van der Waals surface area contributed by atoms with Gasteiger partial charge in [0.05, 0.1) is 22.5 Å². The Labute approximate surface area is 280 Å².